The molecule has 1 saturated heterocycles. The number of benzene rings is 1. The first-order valence-electron chi connectivity index (χ1n) is 6.56. The number of amides is 1. The van der Waals surface area contributed by atoms with Gasteiger partial charge in [0.05, 0.1) is 21.3 Å². The molecular formula is C14H18Cl2N2O2. The summed E-state index contributed by atoms with van der Waals surface area (Å²) in [6.07, 6.45) is 1.09. The van der Waals surface area contributed by atoms with E-state index in [-0.39, 0.29) is 5.91 Å². The number of rotatable bonds is 4. The zero-order valence-electron chi connectivity index (χ0n) is 11.3. The first-order valence-corrected chi connectivity index (χ1v) is 7.31. The van der Waals surface area contributed by atoms with Gasteiger partial charge in [-0.05, 0) is 25.5 Å². The number of aliphatic hydroxyl groups is 1. The lowest BCUT2D eigenvalue weighted by molar-refractivity contribution is -0.116. The van der Waals surface area contributed by atoms with Crippen molar-refractivity contribution in [2.24, 2.45) is 0 Å². The van der Waals surface area contributed by atoms with Crippen LogP contribution < -0.4 is 5.32 Å². The third-order valence-electron chi connectivity index (χ3n) is 3.41. The fraction of sp³-hybridized carbons (Fsp3) is 0.500. The minimum absolute atomic E-state index is 0.133. The zero-order valence-corrected chi connectivity index (χ0v) is 12.8. The number of likely N-dealkylation sites (tertiary alicyclic amines) is 1. The number of hydrogen-bond donors (Lipinski definition) is 2. The van der Waals surface area contributed by atoms with Crippen LogP contribution in [0.5, 0.6) is 0 Å². The molecule has 0 bridgehead atoms. The summed E-state index contributed by atoms with van der Waals surface area (Å²) < 4.78 is 0. The molecule has 0 aromatic heterocycles. The Morgan fingerprint density at radius 2 is 2.10 bits per heavy atom. The molecule has 1 aliphatic heterocycles. The Balaban J connectivity index is 1.84. The predicted octanol–water partition coefficient (Wildman–Crippen LogP) is 2.78. The number of halogens is 2. The van der Waals surface area contributed by atoms with Crippen molar-refractivity contribution in [1.82, 2.24) is 4.90 Å². The molecule has 1 aromatic carbocycles. The average Bonchev–Trinajstić information content (AvgIpc) is 2.71. The van der Waals surface area contributed by atoms with Crippen LogP contribution in [0.15, 0.2) is 18.2 Å². The van der Waals surface area contributed by atoms with Crippen LogP contribution in [0.1, 0.15) is 19.8 Å². The van der Waals surface area contributed by atoms with E-state index in [1.54, 1.807) is 18.2 Å². The van der Waals surface area contributed by atoms with Crippen molar-refractivity contribution in [3.63, 3.8) is 0 Å². The van der Waals surface area contributed by atoms with Crippen LogP contribution in [0.3, 0.4) is 0 Å². The molecule has 1 amide bonds. The molecule has 1 fully saturated rings. The fourth-order valence-electron chi connectivity index (χ4n) is 2.31. The molecule has 1 atom stereocenters. The fourth-order valence-corrected chi connectivity index (χ4v) is 2.80. The third kappa shape index (κ3) is 4.09. The molecule has 4 nitrogen and oxygen atoms in total. The van der Waals surface area contributed by atoms with Crippen molar-refractivity contribution in [1.29, 1.82) is 0 Å². The van der Waals surface area contributed by atoms with Crippen LogP contribution in [0.2, 0.25) is 10.0 Å². The van der Waals surface area contributed by atoms with Gasteiger partial charge in [-0.25, -0.2) is 0 Å². The maximum atomic E-state index is 11.9. The smallest absolute Gasteiger partial charge is 0.225 e. The number of anilines is 1. The predicted molar refractivity (Wildman–Crippen MR) is 81.4 cm³/mol. The number of hydrogen-bond acceptors (Lipinski definition) is 3. The van der Waals surface area contributed by atoms with Crippen molar-refractivity contribution < 1.29 is 9.90 Å². The van der Waals surface area contributed by atoms with Gasteiger partial charge in [0.15, 0.2) is 0 Å². The molecule has 0 radical (unpaired) electrons. The van der Waals surface area contributed by atoms with Crippen LogP contribution in [-0.4, -0.2) is 41.1 Å². The van der Waals surface area contributed by atoms with Crippen molar-refractivity contribution in [3.05, 3.63) is 28.2 Å². The van der Waals surface area contributed by atoms with Crippen LogP contribution in [0.4, 0.5) is 5.69 Å². The number of carbonyl (C=O) groups excluding carboxylic acids is 1. The molecule has 1 aliphatic rings. The topological polar surface area (TPSA) is 52.6 Å². The lowest BCUT2D eigenvalue weighted by Gasteiger charge is -2.18. The Kier molecular flexibility index (Phi) is 4.91. The van der Waals surface area contributed by atoms with E-state index in [2.05, 4.69) is 10.2 Å². The summed E-state index contributed by atoms with van der Waals surface area (Å²) >= 11 is 12.0. The van der Waals surface area contributed by atoms with E-state index in [9.17, 15) is 9.90 Å². The van der Waals surface area contributed by atoms with Crippen LogP contribution in [0.25, 0.3) is 0 Å². The number of nitrogens with one attached hydrogen (secondary N) is 1. The van der Waals surface area contributed by atoms with Crippen LogP contribution in [-0.2, 0) is 4.79 Å². The second kappa shape index (κ2) is 6.31. The molecule has 0 spiro atoms. The molecule has 1 unspecified atom stereocenters. The summed E-state index contributed by atoms with van der Waals surface area (Å²) in [5, 5.41) is 13.4. The van der Waals surface area contributed by atoms with Gasteiger partial charge in [0.1, 0.15) is 0 Å². The molecular weight excluding hydrogens is 299 g/mol. The van der Waals surface area contributed by atoms with Gasteiger partial charge in [0, 0.05) is 26.1 Å². The van der Waals surface area contributed by atoms with E-state index in [0.29, 0.717) is 35.2 Å². The van der Waals surface area contributed by atoms with Gasteiger partial charge in [0.25, 0.3) is 0 Å². The molecule has 0 aliphatic carbocycles. The van der Waals surface area contributed by atoms with Crippen molar-refractivity contribution in [2.45, 2.75) is 25.4 Å². The second-order valence-corrected chi connectivity index (χ2v) is 6.23. The quantitative estimate of drug-likeness (QED) is 0.898. The Labute approximate surface area is 128 Å². The van der Waals surface area contributed by atoms with Crippen molar-refractivity contribution in [3.8, 4) is 0 Å². The number of β-amino-alcohol motifs (C(OH)–C–C–N with tert-alkyl or cyclic N) is 1. The Bertz CT molecular complexity index is 486. The molecule has 1 heterocycles. The van der Waals surface area contributed by atoms with Gasteiger partial charge in [-0.1, -0.05) is 29.3 Å². The van der Waals surface area contributed by atoms with Gasteiger partial charge >= 0.3 is 0 Å². The first kappa shape index (κ1) is 15.6. The summed E-state index contributed by atoms with van der Waals surface area (Å²) in [7, 11) is 0. The lowest BCUT2D eigenvalue weighted by atomic mass is 10.1. The standard InChI is InChI=1S/C14H18Cl2N2O2/c1-14(20)6-8-18(9-14)7-5-12(19)17-13-10(15)3-2-4-11(13)16/h2-4,20H,5-9H2,1H3,(H,17,19). The summed E-state index contributed by atoms with van der Waals surface area (Å²) in [6, 6.07) is 5.09. The highest BCUT2D eigenvalue weighted by atomic mass is 35.5. The molecule has 2 rings (SSSR count). The summed E-state index contributed by atoms with van der Waals surface area (Å²) in [4.78, 5) is 14.0. The maximum Gasteiger partial charge on any atom is 0.225 e. The highest BCUT2D eigenvalue weighted by molar-refractivity contribution is 6.39. The van der Waals surface area contributed by atoms with E-state index in [1.807, 2.05) is 6.92 Å². The van der Waals surface area contributed by atoms with E-state index in [1.165, 1.54) is 0 Å². The first-order chi connectivity index (χ1) is 9.37. The molecule has 20 heavy (non-hydrogen) atoms. The number of nitrogens with zero attached hydrogens (tertiary/aromatic N) is 1. The van der Waals surface area contributed by atoms with E-state index < -0.39 is 5.60 Å². The van der Waals surface area contributed by atoms with E-state index in [0.717, 1.165) is 13.0 Å². The minimum atomic E-state index is -0.636. The molecule has 6 heteroatoms. The minimum Gasteiger partial charge on any atom is -0.389 e. The second-order valence-electron chi connectivity index (χ2n) is 5.42. The molecule has 0 saturated carbocycles. The van der Waals surface area contributed by atoms with Gasteiger partial charge < -0.3 is 10.4 Å². The summed E-state index contributed by atoms with van der Waals surface area (Å²) in [5.74, 6) is -0.133. The van der Waals surface area contributed by atoms with E-state index >= 15 is 0 Å². The van der Waals surface area contributed by atoms with Gasteiger partial charge in [0.2, 0.25) is 5.91 Å². The van der Waals surface area contributed by atoms with Crippen molar-refractivity contribution >= 4 is 34.8 Å². The van der Waals surface area contributed by atoms with Crippen LogP contribution >= 0.6 is 23.2 Å². The molecule has 2 N–H and O–H groups in total. The van der Waals surface area contributed by atoms with Gasteiger partial charge in [-0.2, -0.15) is 0 Å². The van der Waals surface area contributed by atoms with Gasteiger partial charge in [-0.3, -0.25) is 9.69 Å². The van der Waals surface area contributed by atoms with E-state index in [4.69, 9.17) is 23.2 Å². The third-order valence-corrected chi connectivity index (χ3v) is 4.04. The van der Waals surface area contributed by atoms with Gasteiger partial charge in [-0.15, -0.1) is 0 Å². The SMILES string of the molecule is CC1(O)CCN(CCC(=O)Nc2c(Cl)cccc2Cl)C1. The van der Waals surface area contributed by atoms with Crippen LogP contribution in [0, 0.1) is 0 Å². The highest BCUT2D eigenvalue weighted by Gasteiger charge is 2.31. The highest BCUT2D eigenvalue weighted by Crippen LogP contribution is 2.29. The maximum absolute atomic E-state index is 11.9. The monoisotopic (exact) mass is 316 g/mol. The Morgan fingerprint density at radius 3 is 2.65 bits per heavy atom. The number of para-hydroxylation sites is 1. The zero-order chi connectivity index (χ0) is 14.8. The molecule has 110 valence electrons. The lowest BCUT2D eigenvalue weighted by Crippen LogP contribution is -2.31. The van der Waals surface area contributed by atoms with Crippen molar-refractivity contribution in [2.75, 3.05) is 25.0 Å². The summed E-state index contributed by atoms with van der Waals surface area (Å²) in [5.41, 5.74) is -0.183. The Morgan fingerprint density at radius 1 is 1.45 bits per heavy atom. The number of carbonyl (C=O) groups is 1. The molecule has 1 aromatic rings. The normalized spacial score (nSPS) is 23.0. The largest absolute Gasteiger partial charge is 0.389 e. The summed E-state index contributed by atoms with van der Waals surface area (Å²) in [6.45, 7) is 3.85. The average molecular weight is 317 g/mol. The Hall–Kier alpha value is -0.810.